The van der Waals surface area contributed by atoms with Crippen molar-refractivity contribution in [2.45, 2.75) is 26.5 Å². The van der Waals surface area contributed by atoms with E-state index in [2.05, 4.69) is 4.98 Å². The molecule has 0 radical (unpaired) electrons. The summed E-state index contributed by atoms with van der Waals surface area (Å²) in [6.07, 6.45) is 4.82. The van der Waals surface area contributed by atoms with Gasteiger partial charge >= 0.3 is 6.03 Å². The van der Waals surface area contributed by atoms with Gasteiger partial charge in [-0.1, -0.05) is 41.7 Å². The highest BCUT2D eigenvalue weighted by molar-refractivity contribution is 6.48. The van der Waals surface area contributed by atoms with Crippen LogP contribution >= 0.6 is 34.8 Å². The van der Waals surface area contributed by atoms with Gasteiger partial charge in [-0.2, -0.15) is 0 Å². The molecule has 0 aliphatic rings. The molecule has 124 valence electrons. The number of imidazole rings is 1. The number of nitrogens with zero attached hydrogens (tertiary/aromatic N) is 3. The van der Waals surface area contributed by atoms with Gasteiger partial charge in [0, 0.05) is 18.9 Å². The quantitative estimate of drug-likeness (QED) is 0.548. The van der Waals surface area contributed by atoms with Crippen molar-refractivity contribution in [2.75, 3.05) is 6.54 Å². The maximum atomic E-state index is 12.5. The number of ether oxygens (including phenoxy) is 1. The van der Waals surface area contributed by atoms with Gasteiger partial charge < -0.3 is 4.74 Å². The van der Waals surface area contributed by atoms with Crippen LogP contribution in [0.25, 0.3) is 0 Å². The minimum absolute atomic E-state index is 0.220. The molecule has 1 atom stereocenters. The van der Waals surface area contributed by atoms with Gasteiger partial charge in [-0.05, 0) is 25.5 Å². The molecule has 0 saturated carbocycles. The molecule has 23 heavy (non-hydrogen) atoms. The van der Waals surface area contributed by atoms with Crippen molar-refractivity contribution in [1.82, 2.24) is 14.5 Å². The van der Waals surface area contributed by atoms with Crippen LogP contribution in [-0.2, 0) is 0 Å². The van der Waals surface area contributed by atoms with Crippen LogP contribution in [0.2, 0.25) is 15.1 Å². The van der Waals surface area contributed by atoms with Crippen LogP contribution in [0.4, 0.5) is 4.79 Å². The Morgan fingerprint density at radius 3 is 2.70 bits per heavy atom. The zero-order valence-corrected chi connectivity index (χ0v) is 14.9. The van der Waals surface area contributed by atoms with Gasteiger partial charge in [0.05, 0.1) is 10.0 Å². The number of halogens is 3. The molecule has 1 unspecified atom stereocenters. The third-order valence-corrected chi connectivity index (χ3v) is 4.45. The minimum Gasteiger partial charge on any atom is -0.469 e. The molecular formula is C15H16Cl3N3O2. The van der Waals surface area contributed by atoms with E-state index in [1.807, 2.05) is 6.92 Å². The Morgan fingerprint density at radius 2 is 2.09 bits per heavy atom. The lowest BCUT2D eigenvalue weighted by atomic mass is 10.3. The first-order valence-electron chi connectivity index (χ1n) is 7.04. The van der Waals surface area contributed by atoms with Gasteiger partial charge in [0.15, 0.2) is 6.23 Å². The van der Waals surface area contributed by atoms with E-state index in [1.165, 1.54) is 10.9 Å². The first kappa shape index (κ1) is 17.9. The van der Waals surface area contributed by atoms with Crippen molar-refractivity contribution in [2.24, 2.45) is 0 Å². The molecule has 0 spiro atoms. The number of amides is 1. The lowest BCUT2D eigenvalue weighted by Crippen LogP contribution is -2.44. The molecule has 1 aromatic carbocycles. The van der Waals surface area contributed by atoms with Crippen molar-refractivity contribution in [3.63, 3.8) is 0 Å². The van der Waals surface area contributed by atoms with Crippen molar-refractivity contribution in [1.29, 1.82) is 0 Å². The monoisotopic (exact) mass is 375 g/mol. The van der Waals surface area contributed by atoms with E-state index >= 15 is 0 Å². The van der Waals surface area contributed by atoms with E-state index < -0.39 is 6.23 Å². The van der Waals surface area contributed by atoms with Gasteiger partial charge in [0.1, 0.15) is 17.1 Å². The number of benzene rings is 1. The zero-order valence-electron chi connectivity index (χ0n) is 12.7. The third-order valence-electron chi connectivity index (χ3n) is 3.17. The Labute approximate surface area is 149 Å². The van der Waals surface area contributed by atoms with E-state index in [-0.39, 0.29) is 16.1 Å². The Kier molecular flexibility index (Phi) is 6.16. The second-order valence-corrected chi connectivity index (χ2v) is 6.00. The Morgan fingerprint density at radius 1 is 1.35 bits per heavy atom. The molecular weight excluding hydrogens is 361 g/mol. The van der Waals surface area contributed by atoms with Crippen LogP contribution in [0.3, 0.4) is 0 Å². The smallest absolute Gasteiger partial charge is 0.332 e. The van der Waals surface area contributed by atoms with Crippen LogP contribution in [0.5, 0.6) is 5.75 Å². The van der Waals surface area contributed by atoms with E-state index in [0.29, 0.717) is 17.3 Å². The van der Waals surface area contributed by atoms with Gasteiger partial charge in [-0.15, -0.1) is 0 Å². The molecule has 8 heteroatoms. The molecule has 0 fully saturated rings. The van der Waals surface area contributed by atoms with E-state index in [1.54, 1.807) is 36.4 Å². The molecule has 1 amide bonds. The van der Waals surface area contributed by atoms with Gasteiger partial charge in [0.2, 0.25) is 0 Å². The first-order valence-corrected chi connectivity index (χ1v) is 8.18. The summed E-state index contributed by atoms with van der Waals surface area (Å²) >= 11 is 18.1. The van der Waals surface area contributed by atoms with Crippen LogP contribution in [0, 0.1) is 0 Å². The molecule has 2 rings (SSSR count). The Balaban J connectivity index is 2.20. The normalized spacial score (nSPS) is 12.0. The molecule has 2 aromatic rings. The number of carbonyl (C=O) groups excluding carboxylic acids is 1. The zero-order chi connectivity index (χ0) is 17.0. The van der Waals surface area contributed by atoms with Crippen molar-refractivity contribution < 1.29 is 9.53 Å². The highest BCUT2D eigenvalue weighted by Gasteiger charge is 2.23. The number of aromatic nitrogens is 2. The maximum Gasteiger partial charge on any atom is 0.332 e. The first-order chi connectivity index (χ1) is 11.0. The van der Waals surface area contributed by atoms with Gasteiger partial charge in [-0.25, -0.2) is 9.78 Å². The van der Waals surface area contributed by atoms with E-state index in [4.69, 9.17) is 39.5 Å². The highest BCUT2D eigenvalue weighted by atomic mass is 35.5. The topological polar surface area (TPSA) is 47.4 Å². The van der Waals surface area contributed by atoms with Crippen molar-refractivity contribution in [3.8, 4) is 5.75 Å². The third kappa shape index (κ3) is 4.10. The van der Waals surface area contributed by atoms with Crippen LogP contribution < -0.4 is 4.74 Å². The predicted molar refractivity (Wildman–Crippen MR) is 91.6 cm³/mol. The number of carbonyl (C=O) groups is 1. The largest absolute Gasteiger partial charge is 0.469 e. The molecule has 0 saturated heterocycles. The second-order valence-electron chi connectivity index (χ2n) is 4.84. The summed E-state index contributed by atoms with van der Waals surface area (Å²) in [4.78, 5) is 18.0. The summed E-state index contributed by atoms with van der Waals surface area (Å²) in [5, 5.41) is 0.787. The summed E-state index contributed by atoms with van der Waals surface area (Å²) < 4.78 is 7.21. The number of hydrogen-bond acceptors (Lipinski definition) is 3. The predicted octanol–water partition coefficient (Wildman–Crippen LogP) is 4.95. The average Bonchev–Trinajstić information content (AvgIpc) is 3.07. The second kappa shape index (κ2) is 7.90. The van der Waals surface area contributed by atoms with Crippen molar-refractivity contribution >= 4 is 40.8 Å². The summed E-state index contributed by atoms with van der Waals surface area (Å²) in [5.74, 6) is 0.369. The molecule has 5 nitrogen and oxygen atoms in total. The Hall–Kier alpha value is -1.43. The van der Waals surface area contributed by atoms with E-state index in [0.717, 1.165) is 6.42 Å². The number of rotatable bonds is 5. The highest BCUT2D eigenvalue weighted by Crippen LogP contribution is 2.37. The Bertz CT molecular complexity index is 677. The molecule has 0 aliphatic carbocycles. The molecule has 1 aromatic heterocycles. The SMILES string of the molecule is CCCN(C(=O)n1ccnc1)C(C)Oc1ccc(Cl)c(Cl)c1Cl. The average molecular weight is 377 g/mol. The standard InChI is InChI=1S/C15H16Cl3N3O2/c1-3-7-21(15(22)20-8-6-19-9-20)10(2)23-12-5-4-11(16)13(17)14(12)18/h4-6,8-10H,3,7H2,1-2H3. The minimum atomic E-state index is -0.542. The molecule has 0 N–H and O–H groups in total. The molecule has 0 bridgehead atoms. The summed E-state index contributed by atoms with van der Waals surface area (Å²) in [6.45, 7) is 4.27. The van der Waals surface area contributed by atoms with Crippen molar-refractivity contribution in [3.05, 3.63) is 45.9 Å². The fourth-order valence-corrected chi connectivity index (χ4v) is 2.61. The number of hydrogen-bond donors (Lipinski definition) is 0. The van der Waals surface area contributed by atoms with E-state index in [9.17, 15) is 4.79 Å². The van der Waals surface area contributed by atoms with Gasteiger partial charge in [-0.3, -0.25) is 9.47 Å². The summed E-state index contributed by atoms with van der Waals surface area (Å²) in [5.41, 5.74) is 0. The summed E-state index contributed by atoms with van der Waals surface area (Å²) in [6, 6.07) is 2.99. The lowest BCUT2D eigenvalue weighted by Gasteiger charge is -2.29. The fourth-order valence-electron chi connectivity index (χ4n) is 2.04. The fraction of sp³-hybridized carbons (Fsp3) is 0.333. The van der Waals surface area contributed by atoms with Crippen LogP contribution in [-0.4, -0.2) is 33.3 Å². The summed E-state index contributed by atoms with van der Waals surface area (Å²) in [7, 11) is 0. The van der Waals surface area contributed by atoms with Crippen LogP contribution in [0.15, 0.2) is 30.9 Å². The van der Waals surface area contributed by atoms with Crippen LogP contribution in [0.1, 0.15) is 20.3 Å². The lowest BCUT2D eigenvalue weighted by molar-refractivity contribution is 0.0656. The molecule has 0 aliphatic heterocycles. The van der Waals surface area contributed by atoms with Gasteiger partial charge in [0.25, 0.3) is 0 Å². The molecule has 1 heterocycles. The maximum absolute atomic E-state index is 12.5.